The molecule has 0 saturated carbocycles. The molecule has 1 aromatic rings. The van der Waals surface area contributed by atoms with Crippen LogP contribution in [-0.2, 0) is 14.8 Å². The fraction of sp³-hybridized carbons (Fsp3) is 0.462. The molecule has 0 aliphatic carbocycles. The van der Waals surface area contributed by atoms with Crippen LogP contribution in [0.25, 0.3) is 0 Å². The summed E-state index contributed by atoms with van der Waals surface area (Å²) in [6, 6.07) is 6.09. The summed E-state index contributed by atoms with van der Waals surface area (Å²) in [5.41, 5.74) is 0.593. The first-order valence-electron chi connectivity index (χ1n) is 6.16. The molecule has 0 aromatic heterocycles. The minimum absolute atomic E-state index is 0.104. The molecule has 0 bridgehead atoms. The predicted molar refractivity (Wildman–Crippen MR) is 83.5 cm³/mol. The monoisotopic (exact) mass is 316 g/mol. The Morgan fingerprint density at radius 3 is 2.30 bits per heavy atom. The highest BCUT2D eigenvalue weighted by Gasteiger charge is 2.22. The van der Waals surface area contributed by atoms with Gasteiger partial charge in [-0.1, -0.05) is 0 Å². The van der Waals surface area contributed by atoms with Crippen LogP contribution in [0, 0.1) is 0 Å². The van der Waals surface area contributed by atoms with E-state index < -0.39 is 10.0 Å². The van der Waals surface area contributed by atoms with Gasteiger partial charge in [-0.2, -0.15) is 16.1 Å². The molecule has 0 aliphatic rings. The van der Waals surface area contributed by atoms with Gasteiger partial charge in [-0.05, 0) is 44.4 Å². The Morgan fingerprint density at radius 1 is 1.30 bits per heavy atom. The van der Waals surface area contributed by atoms with E-state index in [9.17, 15) is 13.2 Å². The first kappa shape index (κ1) is 17.0. The van der Waals surface area contributed by atoms with Crippen LogP contribution >= 0.6 is 11.8 Å². The molecule has 0 fully saturated rings. The zero-order valence-corrected chi connectivity index (χ0v) is 13.7. The molecule has 1 rings (SSSR count). The van der Waals surface area contributed by atoms with Crippen LogP contribution in [0.2, 0.25) is 0 Å². The van der Waals surface area contributed by atoms with Crippen LogP contribution in [0.3, 0.4) is 0 Å². The van der Waals surface area contributed by atoms with Gasteiger partial charge in [0.2, 0.25) is 15.9 Å². The smallest absolute Gasteiger partial charge is 0.243 e. The van der Waals surface area contributed by atoms with Crippen molar-refractivity contribution in [3.8, 4) is 0 Å². The van der Waals surface area contributed by atoms with Gasteiger partial charge in [0.1, 0.15) is 0 Å². The molecule has 0 aliphatic heterocycles. The van der Waals surface area contributed by atoms with E-state index >= 15 is 0 Å². The Balaban J connectivity index is 2.89. The van der Waals surface area contributed by atoms with E-state index in [-0.39, 0.29) is 16.8 Å². The van der Waals surface area contributed by atoms with Gasteiger partial charge >= 0.3 is 0 Å². The van der Waals surface area contributed by atoms with Crippen LogP contribution in [0.5, 0.6) is 0 Å². The van der Waals surface area contributed by atoms with E-state index in [1.807, 2.05) is 20.1 Å². The number of anilines is 1. The standard InChI is InChI=1S/C13H20N2O3S2/c1-10(2)15(3)20(17,18)12-7-5-11(6-8-12)14-13(16)9-19-4/h5-8,10H,9H2,1-4H3,(H,14,16). The number of carbonyl (C=O) groups is 1. The second-order valence-corrected chi connectivity index (χ2v) is 7.48. The number of carbonyl (C=O) groups excluding carboxylic acids is 1. The van der Waals surface area contributed by atoms with Crippen LogP contribution < -0.4 is 5.32 Å². The molecule has 0 radical (unpaired) electrons. The summed E-state index contributed by atoms with van der Waals surface area (Å²) in [5.74, 6) is 0.267. The van der Waals surface area contributed by atoms with Gasteiger partial charge in [-0.15, -0.1) is 0 Å². The van der Waals surface area contributed by atoms with E-state index in [1.165, 1.54) is 28.2 Å². The normalized spacial score (nSPS) is 11.9. The molecule has 0 heterocycles. The maximum Gasteiger partial charge on any atom is 0.243 e. The molecule has 0 spiro atoms. The van der Waals surface area contributed by atoms with Crippen molar-refractivity contribution in [2.45, 2.75) is 24.8 Å². The van der Waals surface area contributed by atoms with Crippen molar-refractivity contribution in [2.24, 2.45) is 0 Å². The lowest BCUT2D eigenvalue weighted by atomic mass is 10.3. The molecule has 0 unspecified atom stereocenters. The van der Waals surface area contributed by atoms with Crippen molar-refractivity contribution in [3.05, 3.63) is 24.3 Å². The van der Waals surface area contributed by atoms with E-state index in [2.05, 4.69) is 5.32 Å². The zero-order valence-electron chi connectivity index (χ0n) is 12.1. The number of thioether (sulfide) groups is 1. The van der Waals surface area contributed by atoms with Gasteiger partial charge in [-0.3, -0.25) is 4.79 Å². The second-order valence-electron chi connectivity index (χ2n) is 4.62. The molecule has 0 saturated heterocycles. The van der Waals surface area contributed by atoms with Crippen LogP contribution in [-0.4, -0.2) is 43.7 Å². The van der Waals surface area contributed by atoms with E-state index in [4.69, 9.17) is 0 Å². The number of rotatable bonds is 6. The Kier molecular flexibility index (Phi) is 6.04. The Morgan fingerprint density at radius 2 is 1.85 bits per heavy atom. The largest absolute Gasteiger partial charge is 0.325 e. The highest BCUT2D eigenvalue weighted by Crippen LogP contribution is 2.19. The SMILES string of the molecule is CSCC(=O)Nc1ccc(S(=O)(=O)N(C)C(C)C)cc1. The fourth-order valence-electron chi connectivity index (χ4n) is 1.48. The first-order chi connectivity index (χ1) is 9.28. The predicted octanol–water partition coefficient (Wildman–Crippen LogP) is 2.02. The van der Waals surface area contributed by atoms with Gasteiger partial charge in [0, 0.05) is 18.8 Å². The molecule has 7 heteroatoms. The third-order valence-corrected chi connectivity index (χ3v) is 5.42. The van der Waals surface area contributed by atoms with Crippen molar-refractivity contribution >= 4 is 33.4 Å². The lowest BCUT2D eigenvalue weighted by Gasteiger charge is -2.21. The minimum Gasteiger partial charge on any atom is -0.325 e. The lowest BCUT2D eigenvalue weighted by molar-refractivity contribution is -0.113. The van der Waals surface area contributed by atoms with Crippen molar-refractivity contribution in [2.75, 3.05) is 24.4 Å². The van der Waals surface area contributed by atoms with Gasteiger partial charge in [0.25, 0.3) is 0 Å². The molecule has 5 nitrogen and oxygen atoms in total. The highest BCUT2D eigenvalue weighted by molar-refractivity contribution is 7.99. The number of sulfonamides is 1. The Hall–Kier alpha value is -1.05. The maximum atomic E-state index is 12.2. The van der Waals surface area contributed by atoms with E-state index in [0.29, 0.717) is 11.4 Å². The van der Waals surface area contributed by atoms with Crippen molar-refractivity contribution in [1.82, 2.24) is 4.31 Å². The summed E-state index contributed by atoms with van der Waals surface area (Å²) in [6.45, 7) is 3.63. The van der Waals surface area contributed by atoms with Crippen molar-refractivity contribution in [3.63, 3.8) is 0 Å². The second kappa shape index (κ2) is 7.10. The molecule has 0 atom stereocenters. The number of hydrogen-bond donors (Lipinski definition) is 1. The molecule has 1 aromatic carbocycles. The molecule has 20 heavy (non-hydrogen) atoms. The first-order valence-corrected chi connectivity index (χ1v) is 8.99. The van der Waals surface area contributed by atoms with Gasteiger partial charge in [0.15, 0.2) is 0 Å². The summed E-state index contributed by atoms with van der Waals surface area (Å²) >= 11 is 1.43. The number of nitrogens with zero attached hydrogens (tertiary/aromatic N) is 1. The molecule has 1 N–H and O–H groups in total. The summed E-state index contributed by atoms with van der Waals surface area (Å²) in [6.07, 6.45) is 1.84. The average Bonchev–Trinajstić information content (AvgIpc) is 2.38. The van der Waals surface area contributed by atoms with Gasteiger partial charge < -0.3 is 5.32 Å². The third-order valence-electron chi connectivity index (χ3n) is 2.82. The van der Waals surface area contributed by atoms with Crippen LogP contribution in [0.1, 0.15) is 13.8 Å². The summed E-state index contributed by atoms with van der Waals surface area (Å²) < 4.78 is 25.8. The van der Waals surface area contributed by atoms with Crippen molar-refractivity contribution in [1.29, 1.82) is 0 Å². The van der Waals surface area contributed by atoms with Gasteiger partial charge in [-0.25, -0.2) is 8.42 Å². The average molecular weight is 316 g/mol. The van der Waals surface area contributed by atoms with Crippen LogP contribution in [0.15, 0.2) is 29.2 Å². The van der Waals surface area contributed by atoms with Crippen molar-refractivity contribution < 1.29 is 13.2 Å². The highest BCUT2D eigenvalue weighted by atomic mass is 32.2. The van der Waals surface area contributed by atoms with E-state index in [0.717, 1.165) is 0 Å². The number of hydrogen-bond acceptors (Lipinski definition) is 4. The summed E-state index contributed by atoms with van der Waals surface area (Å²) in [7, 11) is -1.93. The van der Waals surface area contributed by atoms with E-state index in [1.54, 1.807) is 19.2 Å². The number of benzene rings is 1. The topological polar surface area (TPSA) is 66.5 Å². The molecule has 112 valence electrons. The number of amides is 1. The number of nitrogens with one attached hydrogen (secondary N) is 1. The lowest BCUT2D eigenvalue weighted by Crippen LogP contribution is -2.33. The third kappa shape index (κ3) is 4.22. The summed E-state index contributed by atoms with van der Waals surface area (Å²) in [4.78, 5) is 11.7. The Bertz CT molecular complexity index is 553. The van der Waals surface area contributed by atoms with Gasteiger partial charge in [0.05, 0.1) is 10.6 Å². The molecular weight excluding hydrogens is 296 g/mol. The Labute approximate surface area is 124 Å². The minimum atomic E-state index is -3.48. The molecular formula is C13H20N2O3S2. The van der Waals surface area contributed by atoms with Crippen LogP contribution in [0.4, 0.5) is 5.69 Å². The summed E-state index contributed by atoms with van der Waals surface area (Å²) in [5, 5.41) is 2.71. The maximum absolute atomic E-state index is 12.2. The quantitative estimate of drug-likeness (QED) is 0.872. The fourth-order valence-corrected chi connectivity index (χ4v) is 3.18. The molecule has 1 amide bonds. The zero-order chi connectivity index (χ0) is 15.3.